The lowest BCUT2D eigenvalue weighted by Crippen LogP contribution is -1.83. The van der Waals surface area contributed by atoms with E-state index in [0.29, 0.717) is 0 Å². The van der Waals surface area contributed by atoms with Gasteiger partial charge in [-0.1, -0.05) is 84.4 Å². The highest BCUT2D eigenvalue weighted by atomic mass is 16.4. The van der Waals surface area contributed by atoms with Crippen molar-refractivity contribution in [1.82, 2.24) is 0 Å². The van der Waals surface area contributed by atoms with E-state index in [-0.39, 0.29) is 0 Å². The zero-order valence-electron chi connectivity index (χ0n) is 21.4. The highest BCUT2D eigenvalue weighted by Crippen LogP contribution is 2.40. The molecule has 0 radical (unpaired) electrons. The van der Waals surface area contributed by atoms with Crippen molar-refractivity contribution in [3.63, 3.8) is 0 Å². The lowest BCUT2D eigenvalue weighted by atomic mass is 9.96. The van der Waals surface area contributed by atoms with E-state index >= 15 is 0 Å². The molecular formula is C37H24O2. The number of fused-ring (bicyclic) bond motifs is 7. The van der Waals surface area contributed by atoms with E-state index in [1.165, 1.54) is 33.4 Å². The van der Waals surface area contributed by atoms with Crippen LogP contribution in [-0.4, -0.2) is 0 Å². The van der Waals surface area contributed by atoms with Gasteiger partial charge in [0, 0.05) is 21.5 Å². The van der Waals surface area contributed by atoms with Gasteiger partial charge in [0.1, 0.15) is 11.2 Å². The standard InChI is InChI=1S/C37H24O2/c1-23-13-17-34-32(19-23)30-15-16-31-33-22-29(14-18-35(33)39-37(31)36(30)38-34)28-12-6-11-27(21-28)26-10-5-9-25(20-26)24-7-3-2-4-8-24/h2-22H,1H3. The fourth-order valence-corrected chi connectivity index (χ4v) is 5.75. The number of furan rings is 2. The Balaban J connectivity index is 1.24. The van der Waals surface area contributed by atoms with E-state index < -0.39 is 0 Å². The smallest absolute Gasteiger partial charge is 0.178 e. The summed E-state index contributed by atoms with van der Waals surface area (Å²) in [6.45, 7) is 2.11. The quantitative estimate of drug-likeness (QED) is 0.241. The molecule has 0 saturated carbocycles. The van der Waals surface area contributed by atoms with Gasteiger partial charge in [0.05, 0.1) is 0 Å². The van der Waals surface area contributed by atoms with E-state index in [2.05, 4.69) is 128 Å². The average Bonchev–Trinajstić information content (AvgIpc) is 3.55. The third kappa shape index (κ3) is 3.57. The molecule has 39 heavy (non-hydrogen) atoms. The highest BCUT2D eigenvalue weighted by molar-refractivity contribution is 6.19. The molecule has 0 spiro atoms. The Hall–Kier alpha value is -5.08. The van der Waals surface area contributed by atoms with E-state index in [1.54, 1.807) is 0 Å². The maximum atomic E-state index is 6.37. The van der Waals surface area contributed by atoms with Gasteiger partial charge in [-0.25, -0.2) is 0 Å². The van der Waals surface area contributed by atoms with Gasteiger partial charge in [0.25, 0.3) is 0 Å². The minimum absolute atomic E-state index is 0.806. The molecule has 8 aromatic rings. The number of hydrogen-bond donors (Lipinski definition) is 0. The summed E-state index contributed by atoms with van der Waals surface area (Å²) in [5.74, 6) is 0. The molecule has 0 N–H and O–H groups in total. The first kappa shape index (κ1) is 22.0. The Kier molecular flexibility index (Phi) is 4.77. The van der Waals surface area contributed by atoms with Gasteiger partial charge in [0.2, 0.25) is 0 Å². The zero-order chi connectivity index (χ0) is 25.9. The molecule has 2 heterocycles. The molecule has 2 aromatic heterocycles. The molecule has 0 saturated heterocycles. The molecule has 0 bridgehead atoms. The van der Waals surface area contributed by atoms with Crippen molar-refractivity contribution in [2.75, 3.05) is 0 Å². The van der Waals surface area contributed by atoms with Gasteiger partial charge in [-0.3, -0.25) is 0 Å². The van der Waals surface area contributed by atoms with Gasteiger partial charge in [-0.2, -0.15) is 0 Å². The SMILES string of the molecule is Cc1ccc2oc3c(ccc4c5cc(-c6cccc(-c7cccc(-c8ccccc8)c7)c6)ccc5oc43)c2c1. The van der Waals surface area contributed by atoms with Gasteiger partial charge in [0.15, 0.2) is 11.2 Å². The largest absolute Gasteiger partial charge is 0.452 e. The predicted octanol–water partition coefficient (Wildman–Crippen LogP) is 10.8. The predicted molar refractivity (Wildman–Crippen MR) is 162 cm³/mol. The molecule has 0 aliphatic heterocycles. The number of benzene rings is 6. The summed E-state index contributed by atoms with van der Waals surface area (Å²) in [5.41, 5.74) is 11.8. The molecule has 184 valence electrons. The summed E-state index contributed by atoms with van der Waals surface area (Å²) < 4.78 is 12.6. The molecule has 8 rings (SSSR count). The lowest BCUT2D eigenvalue weighted by molar-refractivity contribution is 0.633. The molecule has 6 aromatic carbocycles. The van der Waals surface area contributed by atoms with Gasteiger partial charge < -0.3 is 8.83 Å². The van der Waals surface area contributed by atoms with Crippen LogP contribution < -0.4 is 0 Å². The van der Waals surface area contributed by atoms with Gasteiger partial charge >= 0.3 is 0 Å². The van der Waals surface area contributed by atoms with Gasteiger partial charge in [-0.15, -0.1) is 0 Å². The first-order valence-electron chi connectivity index (χ1n) is 13.3. The Morgan fingerprint density at radius 3 is 1.46 bits per heavy atom. The molecule has 0 amide bonds. The molecule has 0 atom stereocenters. The van der Waals surface area contributed by atoms with E-state index in [1.807, 2.05) is 6.07 Å². The molecular weight excluding hydrogens is 476 g/mol. The van der Waals surface area contributed by atoms with E-state index in [4.69, 9.17) is 8.83 Å². The van der Waals surface area contributed by atoms with Crippen LogP contribution >= 0.6 is 0 Å². The van der Waals surface area contributed by atoms with Crippen molar-refractivity contribution in [3.05, 3.63) is 133 Å². The zero-order valence-corrected chi connectivity index (χ0v) is 21.4. The monoisotopic (exact) mass is 500 g/mol. The minimum Gasteiger partial charge on any atom is -0.452 e. The van der Waals surface area contributed by atoms with Gasteiger partial charge in [-0.05, 0) is 88.8 Å². The van der Waals surface area contributed by atoms with Crippen molar-refractivity contribution in [2.24, 2.45) is 0 Å². The minimum atomic E-state index is 0.806. The fourth-order valence-electron chi connectivity index (χ4n) is 5.75. The first-order chi connectivity index (χ1) is 19.2. The van der Waals surface area contributed by atoms with Crippen molar-refractivity contribution in [3.8, 4) is 33.4 Å². The van der Waals surface area contributed by atoms with Crippen LogP contribution in [-0.2, 0) is 0 Å². The summed E-state index contributed by atoms with van der Waals surface area (Å²) in [6.07, 6.45) is 0. The van der Waals surface area contributed by atoms with Crippen LogP contribution in [0.5, 0.6) is 0 Å². The van der Waals surface area contributed by atoms with Crippen LogP contribution in [0.3, 0.4) is 0 Å². The summed E-state index contributed by atoms with van der Waals surface area (Å²) in [4.78, 5) is 0. The third-order valence-electron chi connectivity index (χ3n) is 7.73. The Morgan fingerprint density at radius 1 is 0.359 bits per heavy atom. The summed E-state index contributed by atoms with van der Waals surface area (Å²) in [5, 5.41) is 4.38. The second-order valence-corrected chi connectivity index (χ2v) is 10.3. The fraction of sp³-hybridized carbons (Fsp3) is 0.0270. The molecule has 0 aliphatic rings. The van der Waals surface area contributed by atoms with E-state index in [0.717, 1.165) is 49.4 Å². The topological polar surface area (TPSA) is 26.3 Å². The van der Waals surface area contributed by atoms with Crippen LogP contribution in [0, 0.1) is 6.92 Å². The van der Waals surface area contributed by atoms with Crippen LogP contribution in [0.25, 0.3) is 77.3 Å². The number of rotatable bonds is 3. The second kappa shape index (κ2) is 8.47. The summed E-state index contributed by atoms with van der Waals surface area (Å²) in [7, 11) is 0. The van der Waals surface area contributed by atoms with Crippen LogP contribution in [0.2, 0.25) is 0 Å². The molecule has 0 fully saturated rings. The molecule has 0 unspecified atom stereocenters. The van der Waals surface area contributed by atoms with Crippen molar-refractivity contribution in [1.29, 1.82) is 0 Å². The van der Waals surface area contributed by atoms with Crippen molar-refractivity contribution < 1.29 is 8.83 Å². The Morgan fingerprint density at radius 2 is 0.846 bits per heavy atom. The van der Waals surface area contributed by atoms with Crippen LogP contribution in [0.15, 0.2) is 136 Å². The van der Waals surface area contributed by atoms with E-state index in [9.17, 15) is 0 Å². The van der Waals surface area contributed by atoms with Crippen LogP contribution in [0.1, 0.15) is 5.56 Å². The van der Waals surface area contributed by atoms with Crippen LogP contribution in [0.4, 0.5) is 0 Å². The first-order valence-corrected chi connectivity index (χ1v) is 13.3. The van der Waals surface area contributed by atoms with Crippen molar-refractivity contribution >= 4 is 43.9 Å². The average molecular weight is 501 g/mol. The third-order valence-corrected chi connectivity index (χ3v) is 7.73. The summed E-state index contributed by atoms with van der Waals surface area (Å²) >= 11 is 0. The normalized spacial score (nSPS) is 11.7. The highest BCUT2D eigenvalue weighted by Gasteiger charge is 2.16. The molecule has 0 aliphatic carbocycles. The molecule has 2 nitrogen and oxygen atoms in total. The maximum Gasteiger partial charge on any atom is 0.178 e. The Bertz CT molecular complexity index is 2180. The lowest BCUT2D eigenvalue weighted by Gasteiger charge is -2.09. The maximum absolute atomic E-state index is 6.37. The number of aryl methyl sites for hydroxylation is 1. The van der Waals surface area contributed by atoms with Crippen molar-refractivity contribution in [2.45, 2.75) is 6.92 Å². The second-order valence-electron chi connectivity index (χ2n) is 10.3. The summed E-state index contributed by atoms with van der Waals surface area (Å²) in [6, 6.07) is 45.1. The molecule has 2 heteroatoms. The number of hydrogen-bond acceptors (Lipinski definition) is 2. The Labute approximate surface area is 225 Å².